The topological polar surface area (TPSA) is 0 Å². The van der Waals surface area contributed by atoms with Crippen LogP contribution in [-0.4, -0.2) is 6.66 Å². The second kappa shape index (κ2) is 8.87. The Morgan fingerprint density at radius 2 is 1.23 bits per heavy atom. The Kier molecular flexibility index (Phi) is 7.76. The zero-order valence-electron chi connectivity index (χ0n) is 17.5. The fourth-order valence-electron chi connectivity index (χ4n) is 4.72. The maximum atomic E-state index is 7.78. The normalized spacial score (nSPS) is 24.9. The third kappa shape index (κ3) is 4.23. The van der Waals surface area contributed by atoms with E-state index in [0.29, 0.717) is 8.45 Å². The van der Waals surface area contributed by atoms with E-state index < -0.39 is 19.1 Å². The molecular weight excluding hydrogens is 411 g/mol. The van der Waals surface area contributed by atoms with Gasteiger partial charge in [-0.15, -0.1) is 0 Å². The molecule has 0 bridgehead atoms. The summed E-state index contributed by atoms with van der Waals surface area (Å²) in [6.07, 6.45) is 17.0. The summed E-state index contributed by atoms with van der Waals surface area (Å²) in [7, 11) is 15.6. The fraction of sp³-hybridized carbons (Fsp3) is 0.636. The Hall–Kier alpha value is 0.471. The summed E-state index contributed by atoms with van der Waals surface area (Å²) in [5.74, 6) is 0. The summed E-state index contributed by atoms with van der Waals surface area (Å²) < 4.78 is 0.618. The van der Waals surface area contributed by atoms with Gasteiger partial charge in [0.05, 0.1) is 0 Å². The first-order valence-corrected chi connectivity index (χ1v) is 22.2. The van der Waals surface area contributed by atoms with Crippen LogP contribution in [0.4, 0.5) is 0 Å². The summed E-state index contributed by atoms with van der Waals surface area (Å²) in [4.78, 5) is 0. The first kappa shape index (κ1) is 22.8. The van der Waals surface area contributed by atoms with Gasteiger partial charge in [0.15, 0.2) is 0 Å². The number of halogens is 2. The molecule has 0 nitrogen and oxygen atoms in total. The van der Waals surface area contributed by atoms with Crippen molar-refractivity contribution in [1.29, 1.82) is 0 Å². The molecule has 26 heavy (non-hydrogen) atoms. The van der Waals surface area contributed by atoms with Crippen LogP contribution in [0.5, 0.6) is 0 Å². The second-order valence-corrected chi connectivity index (χ2v) is 38.2. The zero-order chi connectivity index (χ0) is 19.6. The van der Waals surface area contributed by atoms with Crippen molar-refractivity contribution >= 4 is 25.3 Å². The Balaban J connectivity index is 2.43. The second-order valence-electron chi connectivity index (χ2n) is 8.80. The Bertz CT molecular complexity index is 605. The molecule has 2 rings (SSSR count). The molecule has 0 aliphatic heterocycles. The summed E-state index contributed by atoms with van der Waals surface area (Å²) in [5, 5.41) is 0. The van der Waals surface area contributed by atoms with Gasteiger partial charge < -0.3 is 0 Å². The van der Waals surface area contributed by atoms with Gasteiger partial charge in [0.2, 0.25) is 0 Å². The van der Waals surface area contributed by atoms with Crippen molar-refractivity contribution in [3.63, 3.8) is 0 Å². The summed E-state index contributed by atoms with van der Waals surface area (Å²) in [6.45, 7) is 12.6. The van der Waals surface area contributed by atoms with E-state index >= 15 is 0 Å². The van der Waals surface area contributed by atoms with E-state index in [9.17, 15) is 0 Å². The quantitative estimate of drug-likeness (QED) is 0.310. The SMILES string of the molecule is CCCCC1=C[CH]([Ti]([Cl])([Cl])([CH]2C=C(CCCC)C=C2C)[SiH](C)C)C(C)=C1. The van der Waals surface area contributed by atoms with Gasteiger partial charge in [0.1, 0.15) is 0 Å². The first-order chi connectivity index (χ1) is 12.1. The van der Waals surface area contributed by atoms with Crippen molar-refractivity contribution in [3.05, 3.63) is 46.6 Å². The van der Waals surface area contributed by atoms with E-state index in [4.69, 9.17) is 18.6 Å². The van der Waals surface area contributed by atoms with Crippen LogP contribution in [0.1, 0.15) is 66.2 Å². The van der Waals surface area contributed by atoms with E-state index in [-0.39, 0.29) is 0 Å². The third-order valence-corrected chi connectivity index (χ3v) is 42.3. The number of allylic oxidation sites excluding steroid dienone is 8. The van der Waals surface area contributed by atoms with Crippen LogP contribution in [0.25, 0.3) is 0 Å². The fourth-order valence-corrected chi connectivity index (χ4v) is 25.0. The molecule has 0 amide bonds. The van der Waals surface area contributed by atoms with E-state index in [2.05, 4.69) is 65.1 Å². The van der Waals surface area contributed by atoms with Crippen LogP contribution in [-0.2, 0) is 12.4 Å². The van der Waals surface area contributed by atoms with Gasteiger partial charge >= 0.3 is 172 Å². The van der Waals surface area contributed by atoms with Crippen LogP contribution >= 0.6 is 18.6 Å². The number of hydrogen-bond donors (Lipinski definition) is 0. The summed E-state index contributed by atoms with van der Waals surface area (Å²) >= 11 is -3.81. The molecule has 2 atom stereocenters. The van der Waals surface area contributed by atoms with Gasteiger partial charge in [0.25, 0.3) is 0 Å². The van der Waals surface area contributed by atoms with Gasteiger partial charge in [-0.05, 0) is 0 Å². The number of unbranched alkanes of at least 4 members (excludes halogenated alkanes) is 2. The summed E-state index contributed by atoms with van der Waals surface area (Å²) in [5.41, 5.74) is 5.77. The third-order valence-electron chi connectivity index (χ3n) is 6.50. The van der Waals surface area contributed by atoms with E-state index in [0.717, 1.165) is 12.8 Å². The Labute approximate surface area is 171 Å². The van der Waals surface area contributed by atoms with Gasteiger partial charge in [-0.2, -0.15) is 0 Å². The van der Waals surface area contributed by atoms with Crippen molar-refractivity contribution < 1.29 is 12.4 Å². The first-order valence-electron chi connectivity index (χ1n) is 10.5. The van der Waals surface area contributed by atoms with E-state index in [1.165, 1.54) is 48.0 Å². The molecule has 0 radical (unpaired) electrons. The molecule has 0 N–H and O–H groups in total. The van der Waals surface area contributed by atoms with Crippen molar-refractivity contribution in [2.75, 3.05) is 0 Å². The molecule has 0 spiro atoms. The zero-order valence-corrected chi connectivity index (χ0v) is 21.8. The molecule has 0 fully saturated rings. The molecule has 2 unspecified atom stereocenters. The average Bonchev–Trinajstić information content (AvgIpc) is 3.14. The molecule has 0 saturated heterocycles. The van der Waals surface area contributed by atoms with Crippen molar-refractivity contribution in [1.82, 2.24) is 0 Å². The Morgan fingerprint density at radius 1 is 0.846 bits per heavy atom. The molecule has 0 saturated carbocycles. The molecule has 0 aromatic carbocycles. The van der Waals surface area contributed by atoms with Gasteiger partial charge in [-0.1, -0.05) is 0 Å². The van der Waals surface area contributed by atoms with Crippen molar-refractivity contribution in [2.45, 2.75) is 87.8 Å². The molecule has 0 aromatic rings. The molecular formula is C22H37Cl2SiTi. The molecule has 0 aromatic heterocycles. The molecule has 0 heterocycles. The van der Waals surface area contributed by atoms with E-state index in [1.54, 1.807) is 0 Å². The van der Waals surface area contributed by atoms with Crippen LogP contribution in [0.2, 0.25) is 21.5 Å². The molecule has 147 valence electrons. The number of rotatable bonds is 9. The predicted octanol–water partition coefficient (Wildman–Crippen LogP) is 8.70. The minimum atomic E-state index is -3.81. The van der Waals surface area contributed by atoms with Gasteiger partial charge in [-0.25, -0.2) is 0 Å². The van der Waals surface area contributed by atoms with Crippen LogP contribution in [0.3, 0.4) is 0 Å². The monoisotopic (exact) mass is 447 g/mol. The molecule has 2 aliphatic rings. The minimum absolute atomic E-state index is 0.309. The van der Waals surface area contributed by atoms with E-state index in [1.807, 2.05) is 0 Å². The Morgan fingerprint density at radius 3 is 1.54 bits per heavy atom. The summed E-state index contributed by atoms with van der Waals surface area (Å²) in [6, 6.07) is 0. The number of hydrogen-bond acceptors (Lipinski definition) is 0. The standard InChI is InChI=1S/2C10H15.C2H7Si.2ClH.Ti/c2*1-3-4-5-10-7-6-9(2)8-10;1-3-2;;;/h2*6-8H,3-5H2,1-2H3;3H,1-2H3;2*1H;/q;;;;;+2/p-2. The van der Waals surface area contributed by atoms with Crippen LogP contribution < -0.4 is 0 Å². The maximum absolute atomic E-state index is 7.78. The van der Waals surface area contributed by atoms with Crippen LogP contribution in [0, 0.1) is 0 Å². The predicted molar refractivity (Wildman–Crippen MR) is 121 cm³/mol. The molecule has 2 aliphatic carbocycles. The van der Waals surface area contributed by atoms with Gasteiger partial charge in [0, 0.05) is 0 Å². The van der Waals surface area contributed by atoms with Crippen LogP contribution in [0.15, 0.2) is 46.6 Å². The van der Waals surface area contributed by atoms with Crippen molar-refractivity contribution in [3.8, 4) is 0 Å². The van der Waals surface area contributed by atoms with Crippen molar-refractivity contribution in [2.24, 2.45) is 0 Å². The average molecular weight is 448 g/mol. The van der Waals surface area contributed by atoms with Gasteiger partial charge in [-0.3, -0.25) is 0 Å². The molecule has 4 heteroatoms.